The third kappa shape index (κ3) is 2.81. The topological polar surface area (TPSA) is 60.0 Å². The summed E-state index contributed by atoms with van der Waals surface area (Å²) >= 11 is 0. The van der Waals surface area contributed by atoms with Gasteiger partial charge in [-0.25, -0.2) is 4.68 Å². The standard InChI is InChI=1S/C19H23N5/c1-23-19-9-14(7-8-18(19)21-22-23)11-24-12-16(10-20)17(13-24)15-5-3-2-4-6-15/h2-9,16-17H,10-13,20H2,1H3/t16-,17+/m1/s1. The number of hydrogen-bond acceptors (Lipinski definition) is 4. The second kappa shape index (κ2) is 6.34. The van der Waals surface area contributed by atoms with Gasteiger partial charge in [0.2, 0.25) is 0 Å². The van der Waals surface area contributed by atoms with Gasteiger partial charge in [0.25, 0.3) is 0 Å². The first kappa shape index (κ1) is 15.3. The van der Waals surface area contributed by atoms with E-state index in [4.69, 9.17) is 5.73 Å². The summed E-state index contributed by atoms with van der Waals surface area (Å²) in [4.78, 5) is 2.51. The summed E-state index contributed by atoms with van der Waals surface area (Å²) in [6, 6.07) is 17.2. The Morgan fingerprint density at radius 3 is 2.75 bits per heavy atom. The summed E-state index contributed by atoms with van der Waals surface area (Å²) in [5.41, 5.74) is 10.8. The average molecular weight is 321 g/mol. The van der Waals surface area contributed by atoms with Crippen LogP contribution in [0.3, 0.4) is 0 Å². The van der Waals surface area contributed by atoms with E-state index in [1.54, 1.807) is 0 Å². The number of hydrogen-bond donors (Lipinski definition) is 1. The first-order chi connectivity index (χ1) is 11.7. The fraction of sp³-hybridized carbons (Fsp3) is 0.368. The Bertz CT molecular complexity index is 826. The molecule has 4 rings (SSSR count). The van der Waals surface area contributed by atoms with Crippen LogP contribution in [0.1, 0.15) is 17.0 Å². The molecule has 1 saturated heterocycles. The van der Waals surface area contributed by atoms with Gasteiger partial charge in [-0.05, 0) is 35.7 Å². The zero-order valence-electron chi connectivity index (χ0n) is 14.0. The van der Waals surface area contributed by atoms with Crippen LogP contribution in [0, 0.1) is 5.92 Å². The van der Waals surface area contributed by atoms with Gasteiger partial charge in [0.1, 0.15) is 5.52 Å². The SMILES string of the molecule is Cn1nnc2ccc(CN3C[C@@H](CN)[C@H](c4ccccc4)C3)cc21. The van der Waals surface area contributed by atoms with Gasteiger partial charge in [-0.1, -0.05) is 41.6 Å². The van der Waals surface area contributed by atoms with Crippen molar-refractivity contribution in [2.24, 2.45) is 18.7 Å². The van der Waals surface area contributed by atoms with E-state index < -0.39 is 0 Å². The lowest BCUT2D eigenvalue weighted by molar-refractivity contribution is 0.317. The Morgan fingerprint density at radius 1 is 1.12 bits per heavy atom. The molecule has 0 unspecified atom stereocenters. The maximum Gasteiger partial charge on any atom is 0.113 e. The van der Waals surface area contributed by atoms with Crippen LogP contribution in [0.25, 0.3) is 11.0 Å². The largest absolute Gasteiger partial charge is 0.330 e. The maximum absolute atomic E-state index is 6.05. The smallest absolute Gasteiger partial charge is 0.113 e. The Labute approximate surface area is 142 Å². The van der Waals surface area contributed by atoms with Crippen LogP contribution in [0.2, 0.25) is 0 Å². The fourth-order valence-electron chi connectivity index (χ4n) is 3.84. The van der Waals surface area contributed by atoms with Gasteiger partial charge >= 0.3 is 0 Å². The molecular weight excluding hydrogens is 298 g/mol. The van der Waals surface area contributed by atoms with Crippen molar-refractivity contribution in [3.05, 3.63) is 59.7 Å². The number of rotatable bonds is 4. The molecule has 5 heteroatoms. The monoisotopic (exact) mass is 321 g/mol. The Kier molecular flexibility index (Phi) is 4.04. The lowest BCUT2D eigenvalue weighted by Gasteiger charge is -2.17. The van der Waals surface area contributed by atoms with E-state index in [-0.39, 0.29) is 0 Å². The van der Waals surface area contributed by atoms with Gasteiger partial charge in [-0.2, -0.15) is 0 Å². The minimum atomic E-state index is 0.523. The second-order valence-corrected chi connectivity index (χ2v) is 6.74. The molecule has 2 heterocycles. The van der Waals surface area contributed by atoms with Gasteiger partial charge in [0, 0.05) is 32.6 Å². The van der Waals surface area contributed by atoms with Crippen molar-refractivity contribution < 1.29 is 0 Å². The van der Waals surface area contributed by atoms with Gasteiger partial charge in [0.15, 0.2) is 0 Å². The summed E-state index contributed by atoms with van der Waals surface area (Å²) in [7, 11) is 1.94. The van der Waals surface area contributed by atoms with Crippen LogP contribution in [0.15, 0.2) is 48.5 Å². The molecule has 0 amide bonds. The van der Waals surface area contributed by atoms with Crippen molar-refractivity contribution in [3.8, 4) is 0 Å². The highest BCUT2D eigenvalue weighted by atomic mass is 15.4. The predicted molar refractivity (Wildman–Crippen MR) is 95.5 cm³/mol. The van der Waals surface area contributed by atoms with E-state index in [0.717, 1.165) is 37.2 Å². The molecule has 2 atom stereocenters. The molecule has 2 aromatic carbocycles. The van der Waals surface area contributed by atoms with E-state index in [2.05, 4.69) is 63.7 Å². The molecule has 1 aliphatic rings. The van der Waals surface area contributed by atoms with Crippen LogP contribution >= 0.6 is 0 Å². The quantitative estimate of drug-likeness (QED) is 0.800. The van der Waals surface area contributed by atoms with Crippen molar-refractivity contribution in [2.45, 2.75) is 12.5 Å². The van der Waals surface area contributed by atoms with Gasteiger partial charge in [-0.3, -0.25) is 4.90 Å². The first-order valence-electron chi connectivity index (χ1n) is 8.50. The van der Waals surface area contributed by atoms with Crippen molar-refractivity contribution in [1.29, 1.82) is 0 Å². The van der Waals surface area contributed by atoms with Crippen LogP contribution in [0.5, 0.6) is 0 Å². The molecule has 124 valence electrons. The zero-order valence-corrected chi connectivity index (χ0v) is 14.0. The number of nitrogens with zero attached hydrogens (tertiary/aromatic N) is 4. The number of aromatic nitrogens is 3. The molecule has 1 fully saturated rings. The normalized spacial score (nSPS) is 21.6. The van der Waals surface area contributed by atoms with Crippen molar-refractivity contribution in [2.75, 3.05) is 19.6 Å². The predicted octanol–water partition coefficient (Wildman–Crippen LogP) is 2.14. The Hall–Kier alpha value is -2.24. The molecule has 24 heavy (non-hydrogen) atoms. The molecule has 1 aliphatic heterocycles. The van der Waals surface area contributed by atoms with Crippen LogP contribution < -0.4 is 5.73 Å². The third-order valence-electron chi connectivity index (χ3n) is 5.13. The highest BCUT2D eigenvalue weighted by Crippen LogP contribution is 2.32. The first-order valence-corrected chi connectivity index (χ1v) is 8.50. The highest BCUT2D eigenvalue weighted by molar-refractivity contribution is 5.74. The zero-order chi connectivity index (χ0) is 16.5. The summed E-state index contributed by atoms with van der Waals surface area (Å²) in [6.07, 6.45) is 0. The number of nitrogens with two attached hydrogens (primary N) is 1. The number of likely N-dealkylation sites (tertiary alicyclic amines) is 1. The van der Waals surface area contributed by atoms with Crippen molar-refractivity contribution in [1.82, 2.24) is 19.9 Å². The van der Waals surface area contributed by atoms with Crippen LogP contribution in [-0.4, -0.2) is 39.5 Å². The summed E-state index contributed by atoms with van der Waals surface area (Å²) in [5, 5.41) is 8.23. The molecule has 0 bridgehead atoms. The minimum absolute atomic E-state index is 0.523. The fourth-order valence-corrected chi connectivity index (χ4v) is 3.84. The maximum atomic E-state index is 6.05. The molecule has 2 N–H and O–H groups in total. The van der Waals surface area contributed by atoms with Crippen molar-refractivity contribution in [3.63, 3.8) is 0 Å². The van der Waals surface area contributed by atoms with E-state index in [1.165, 1.54) is 11.1 Å². The lowest BCUT2D eigenvalue weighted by Crippen LogP contribution is -2.23. The molecule has 3 aromatic rings. The number of aryl methyl sites for hydroxylation is 1. The second-order valence-electron chi connectivity index (χ2n) is 6.74. The van der Waals surface area contributed by atoms with E-state index in [9.17, 15) is 0 Å². The third-order valence-corrected chi connectivity index (χ3v) is 5.13. The van der Waals surface area contributed by atoms with Gasteiger partial charge < -0.3 is 5.73 Å². The minimum Gasteiger partial charge on any atom is -0.330 e. The van der Waals surface area contributed by atoms with Crippen molar-refractivity contribution >= 4 is 11.0 Å². The van der Waals surface area contributed by atoms with Gasteiger partial charge in [0.05, 0.1) is 5.52 Å². The number of fused-ring (bicyclic) bond motifs is 1. The molecule has 0 aliphatic carbocycles. The average Bonchev–Trinajstić information content (AvgIpc) is 3.20. The van der Waals surface area contributed by atoms with Crippen LogP contribution in [0.4, 0.5) is 0 Å². The Balaban J connectivity index is 1.53. The van der Waals surface area contributed by atoms with E-state index in [1.807, 2.05) is 11.7 Å². The molecule has 0 radical (unpaired) electrons. The molecule has 0 saturated carbocycles. The Morgan fingerprint density at radius 2 is 1.96 bits per heavy atom. The summed E-state index contributed by atoms with van der Waals surface area (Å²) in [5.74, 6) is 1.05. The molecule has 5 nitrogen and oxygen atoms in total. The summed E-state index contributed by atoms with van der Waals surface area (Å²) in [6.45, 7) is 3.80. The number of benzene rings is 2. The van der Waals surface area contributed by atoms with Gasteiger partial charge in [-0.15, -0.1) is 5.10 Å². The molecule has 1 aromatic heterocycles. The summed E-state index contributed by atoms with van der Waals surface area (Å²) < 4.78 is 1.83. The molecular formula is C19H23N5. The van der Waals surface area contributed by atoms with E-state index >= 15 is 0 Å². The lowest BCUT2D eigenvalue weighted by atomic mass is 9.89. The van der Waals surface area contributed by atoms with E-state index in [0.29, 0.717) is 11.8 Å². The van der Waals surface area contributed by atoms with Crippen LogP contribution in [-0.2, 0) is 13.6 Å². The molecule has 0 spiro atoms. The highest BCUT2D eigenvalue weighted by Gasteiger charge is 2.32.